The first-order valence-corrected chi connectivity index (χ1v) is 13.6. The van der Waals surface area contributed by atoms with Crippen LogP contribution in [-0.2, 0) is 29.8 Å². The third-order valence-electron chi connectivity index (χ3n) is 4.68. The molecule has 3 aromatic rings. The van der Waals surface area contributed by atoms with E-state index in [1.807, 2.05) is 66.7 Å². The molecule has 0 N–H and O–H groups in total. The van der Waals surface area contributed by atoms with Crippen LogP contribution in [0.25, 0.3) is 0 Å². The first-order valence-electron chi connectivity index (χ1n) is 12.4. The van der Waals surface area contributed by atoms with Crippen LogP contribution in [0.2, 0.25) is 0 Å². The molecule has 0 unspecified atom stereocenters. The second-order valence-electron chi connectivity index (χ2n) is 10.3. The molecule has 208 valence electrons. The topological polar surface area (TPSA) is 89.5 Å². The summed E-state index contributed by atoms with van der Waals surface area (Å²) in [6, 6.07) is 25.4. The van der Waals surface area contributed by atoms with Crippen molar-refractivity contribution < 1.29 is 38.0 Å². The van der Waals surface area contributed by atoms with Gasteiger partial charge >= 0.3 is 12.3 Å². The molecule has 0 radical (unpaired) electrons. The normalized spacial score (nSPS) is 11.5. The van der Waals surface area contributed by atoms with E-state index < -0.39 is 34.4 Å². The summed E-state index contributed by atoms with van der Waals surface area (Å²) in [6.07, 6.45) is -1.57. The van der Waals surface area contributed by atoms with Crippen molar-refractivity contribution in [1.29, 1.82) is 0 Å². The van der Waals surface area contributed by atoms with E-state index in [0.717, 1.165) is 14.7 Å². The van der Waals surface area contributed by atoms with E-state index in [0.29, 0.717) is 11.5 Å². The molecule has 0 amide bonds. The fourth-order valence-electron chi connectivity index (χ4n) is 3.16. The molecular weight excluding hydrogens is 520 g/mol. The van der Waals surface area contributed by atoms with Gasteiger partial charge in [-0.3, -0.25) is 0 Å². The summed E-state index contributed by atoms with van der Waals surface area (Å²) < 4.78 is 31.3. The van der Waals surface area contributed by atoms with E-state index in [-0.39, 0.29) is 13.6 Å². The number of benzene rings is 3. The van der Waals surface area contributed by atoms with Crippen molar-refractivity contribution in [2.24, 2.45) is 0 Å². The minimum absolute atomic E-state index is 0.252. The van der Waals surface area contributed by atoms with E-state index in [1.165, 1.54) is 0 Å². The van der Waals surface area contributed by atoms with Gasteiger partial charge in [0.25, 0.3) is 0 Å². The Bertz CT molecular complexity index is 1120. The van der Waals surface area contributed by atoms with Gasteiger partial charge in [-0.05, 0) is 102 Å². The van der Waals surface area contributed by atoms with Crippen LogP contribution in [0.5, 0.6) is 11.5 Å². The maximum atomic E-state index is 11.7. The van der Waals surface area contributed by atoms with Crippen LogP contribution in [0.15, 0.2) is 93.5 Å². The SMILES string of the molecule is CC(C)(C)OC(=O)OCOc1ccc([S+](c2ccccc2)c2ccc(OCOC(=O)OC(C)(C)C)cc2)cc1. The fraction of sp³-hybridized carbons (Fsp3) is 0.333. The number of hydrogen-bond acceptors (Lipinski definition) is 8. The highest BCUT2D eigenvalue weighted by Crippen LogP contribution is 2.33. The lowest BCUT2D eigenvalue weighted by molar-refractivity contribution is -0.0374. The molecule has 9 heteroatoms. The average molecular weight is 556 g/mol. The Kier molecular flexibility index (Phi) is 10.1. The second-order valence-corrected chi connectivity index (χ2v) is 12.3. The van der Waals surface area contributed by atoms with E-state index >= 15 is 0 Å². The molecule has 39 heavy (non-hydrogen) atoms. The van der Waals surface area contributed by atoms with Crippen molar-refractivity contribution in [3.8, 4) is 11.5 Å². The maximum Gasteiger partial charge on any atom is 0.511 e. The van der Waals surface area contributed by atoms with Crippen molar-refractivity contribution in [3.05, 3.63) is 78.9 Å². The summed E-state index contributed by atoms with van der Waals surface area (Å²) >= 11 is 0. The highest BCUT2D eigenvalue weighted by atomic mass is 32.2. The Morgan fingerprint density at radius 1 is 0.564 bits per heavy atom. The summed E-state index contributed by atoms with van der Waals surface area (Å²) in [6.45, 7) is 10.1. The molecule has 0 aliphatic heterocycles. The number of rotatable bonds is 9. The molecule has 0 bridgehead atoms. The van der Waals surface area contributed by atoms with Gasteiger partial charge in [-0.1, -0.05) is 18.2 Å². The van der Waals surface area contributed by atoms with Gasteiger partial charge in [0.1, 0.15) is 22.7 Å². The van der Waals surface area contributed by atoms with Crippen LogP contribution in [-0.4, -0.2) is 37.1 Å². The number of carbonyl (C=O) groups excluding carboxylic acids is 2. The highest BCUT2D eigenvalue weighted by Gasteiger charge is 2.28. The van der Waals surface area contributed by atoms with Gasteiger partial charge in [-0.15, -0.1) is 0 Å². The van der Waals surface area contributed by atoms with Crippen molar-refractivity contribution in [1.82, 2.24) is 0 Å². The highest BCUT2D eigenvalue weighted by molar-refractivity contribution is 7.97. The Labute approximate surface area is 232 Å². The zero-order chi connectivity index (χ0) is 28.5. The molecule has 0 aliphatic carbocycles. The largest absolute Gasteiger partial charge is 0.511 e. The molecule has 8 nitrogen and oxygen atoms in total. The third kappa shape index (κ3) is 10.4. The summed E-state index contributed by atoms with van der Waals surface area (Å²) in [5.41, 5.74) is -1.27. The fourth-order valence-corrected chi connectivity index (χ4v) is 5.22. The Morgan fingerprint density at radius 2 is 0.923 bits per heavy atom. The summed E-state index contributed by atoms with van der Waals surface area (Å²) in [5.74, 6) is 1.13. The lowest BCUT2D eigenvalue weighted by atomic mass is 10.2. The number of carbonyl (C=O) groups is 2. The molecule has 0 saturated carbocycles. The summed E-state index contributed by atoms with van der Waals surface area (Å²) in [5, 5.41) is 0. The molecule has 3 aromatic carbocycles. The van der Waals surface area contributed by atoms with Crippen molar-refractivity contribution >= 4 is 23.2 Å². The molecule has 0 aromatic heterocycles. The Hall–Kier alpha value is -3.85. The monoisotopic (exact) mass is 555 g/mol. The van der Waals surface area contributed by atoms with Crippen molar-refractivity contribution in [2.75, 3.05) is 13.6 Å². The predicted octanol–water partition coefficient (Wildman–Crippen LogP) is 7.36. The molecule has 0 saturated heterocycles. The van der Waals surface area contributed by atoms with Crippen LogP contribution in [0.1, 0.15) is 41.5 Å². The quantitative estimate of drug-likeness (QED) is 0.154. The third-order valence-corrected chi connectivity index (χ3v) is 6.91. The van der Waals surface area contributed by atoms with E-state index in [9.17, 15) is 9.59 Å². The maximum absolute atomic E-state index is 11.7. The Balaban J connectivity index is 1.65. The van der Waals surface area contributed by atoms with Gasteiger partial charge < -0.3 is 28.4 Å². The van der Waals surface area contributed by atoms with Gasteiger partial charge in [-0.2, -0.15) is 0 Å². The molecule has 3 rings (SSSR count). The summed E-state index contributed by atoms with van der Waals surface area (Å²) in [7, 11) is -0.402. The van der Waals surface area contributed by atoms with Gasteiger partial charge in [-0.25, -0.2) is 9.59 Å². The number of hydrogen-bond donors (Lipinski definition) is 0. The van der Waals surface area contributed by atoms with Crippen LogP contribution in [0, 0.1) is 0 Å². The van der Waals surface area contributed by atoms with Crippen molar-refractivity contribution in [2.45, 2.75) is 67.4 Å². The number of ether oxygens (including phenoxy) is 6. The molecule has 0 heterocycles. The smallest absolute Gasteiger partial charge is 0.457 e. The van der Waals surface area contributed by atoms with Gasteiger partial charge in [0.15, 0.2) is 14.7 Å². The average Bonchev–Trinajstić information content (AvgIpc) is 2.85. The predicted molar refractivity (Wildman–Crippen MR) is 147 cm³/mol. The minimum atomic E-state index is -0.784. The van der Waals surface area contributed by atoms with E-state index in [2.05, 4.69) is 12.1 Å². The van der Waals surface area contributed by atoms with E-state index in [1.54, 1.807) is 41.5 Å². The van der Waals surface area contributed by atoms with Gasteiger partial charge in [0.05, 0.1) is 10.9 Å². The molecule has 0 fully saturated rings. The van der Waals surface area contributed by atoms with Gasteiger partial charge in [0, 0.05) is 0 Å². The Morgan fingerprint density at radius 3 is 1.28 bits per heavy atom. The van der Waals surface area contributed by atoms with Crippen LogP contribution < -0.4 is 9.47 Å². The zero-order valence-electron chi connectivity index (χ0n) is 23.1. The van der Waals surface area contributed by atoms with Crippen LogP contribution in [0.4, 0.5) is 9.59 Å². The first-order chi connectivity index (χ1) is 18.4. The molecular formula is C30H35O8S+. The van der Waals surface area contributed by atoms with Gasteiger partial charge in [0.2, 0.25) is 13.6 Å². The lowest BCUT2D eigenvalue weighted by Crippen LogP contribution is -2.25. The van der Waals surface area contributed by atoms with Crippen LogP contribution >= 0.6 is 0 Å². The molecule has 0 atom stereocenters. The minimum Gasteiger partial charge on any atom is -0.457 e. The zero-order valence-corrected chi connectivity index (χ0v) is 23.9. The lowest BCUT2D eigenvalue weighted by Gasteiger charge is -2.18. The second kappa shape index (κ2) is 13.3. The standard InChI is InChI=1S/C30H35O8S/c1-29(2,3)37-27(31)35-20-33-22-12-16-25(17-13-22)39(24-10-8-7-9-11-24)26-18-14-23(15-19-26)34-21-36-28(32)38-30(4,5)6/h7-19H,20-21H2,1-6H3/q+1. The molecule has 0 aliphatic rings. The van der Waals surface area contributed by atoms with Crippen LogP contribution in [0.3, 0.4) is 0 Å². The first kappa shape index (κ1) is 29.7. The van der Waals surface area contributed by atoms with Crippen molar-refractivity contribution in [3.63, 3.8) is 0 Å². The summed E-state index contributed by atoms with van der Waals surface area (Å²) in [4.78, 5) is 26.7. The van der Waals surface area contributed by atoms with E-state index in [4.69, 9.17) is 28.4 Å². The molecule has 0 spiro atoms.